The Morgan fingerprint density at radius 1 is 1.08 bits per heavy atom. The molecule has 26 heavy (non-hydrogen) atoms. The van der Waals surface area contributed by atoms with E-state index in [-0.39, 0.29) is 11.9 Å². The Kier molecular flexibility index (Phi) is 4.50. The summed E-state index contributed by atoms with van der Waals surface area (Å²) in [7, 11) is 0. The van der Waals surface area contributed by atoms with Crippen molar-refractivity contribution in [2.24, 2.45) is 0 Å². The number of benzene rings is 2. The molecule has 0 saturated carbocycles. The van der Waals surface area contributed by atoms with Gasteiger partial charge in [-0.3, -0.25) is 4.79 Å². The Hall–Kier alpha value is -2.99. The Balaban J connectivity index is 1.63. The first-order valence-electron chi connectivity index (χ1n) is 8.59. The SMILES string of the molecule is Cc1nnc(-c2ccc(C(=O)N(c3ccccc3)C3CCOC3)cc2)o1. The number of para-hydroxylation sites is 1. The summed E-state index contributed by atoms with van der Waals surface area (Å²) < 4.78 is 10.9. The molecule has 0 bridgehead atoms. The van der Waals surface area contributed by atoms with Crippen LogP contribution in [0.3, 0.4) is 0 Å². The number of anilines is 1. The van der Waals surface area contributed by atoms with Gasteiger partial charge in [-0.25, -0.2) is 0 Å². The molecule has 0 radical (unpaired) electrons. The van der Waals surface area contributed by atoms with E-state index in [1.807, 2.05) is 47.4 Å². The molecule has 132 valence electrons. The van der Waals surface area contributed by atoms with Crippen LogP contribution in [0.1, 0.15) is 22.7 Å². The molecule has 1 aromatic heterocycles. The molecule has 0 aliphatic carbocycles. The Labute approximate surface area is 151 Å². The van der Waals surface area contributed by atoms with Gasteiger partial charge in [0.1, 0.15) is 0 Å². The first kappa shape index (κ1) is 16.5. The summed E-state index contributed by atoms with van der Waals surface area (Å²) in [6, 6.07) is 17.0. The second-order valence-corrected chi connectivity index (χ2v) is 6.23. The maximum absolute atomic E-state index is 13.2. The Morgan fingerprint density at radius 2 is 1.85 bits per heavy atom. The first-order valence-corrected chi connectivity index (χ1v) is 8.59. The van der Waals surface area contributed by atoms with Crippen LogP contribution < -0.4 is 4.90 Å². The van der Waals surface area contributed by atoms with Crippen molar-refractivity contribution in [3.8, 4) is 11.5 Å². The van der Waals surface area contributed by atoms with Gasteiger partial charge in [0.05, 0.1) is 12.6 Å². The van der Waals surface area contributed by atoms with E-state index < -0.39 is 0 Å². The van der Waals surface area contributed by atoms with Crippen LogP contribution in [0.15, 0.2) is 59.0 Å². The lowest BCUT2D eigenvalue weighted by Crippen LogP contribution is -2.41. The summed E-state index contributed by atoms with van der Waals surface area (Å²) in [5.74, 6) is 0.919. The molecule has 1 aliphatic rings. The van der Waals surface area contributed by atoms with E-state index in [1.54, 1.807) is 19.1 Å². The van der Waals surface area contributed by atoms with Crippen molar-refractivity contribution in [2.75, 3.05) is 18.1 Å². The van der Waals surface area contributed by atoms with Crippen molar-refractivity contribution >= 4 is 11.6 Å². The summed E-state index contributed by atoms with van der Waals surface area (Å²) in [5.41, 5.74) is 2.28. The predicted octanol–water partition coefficient (Wildman–Crippen LogP) is 3.48. The fraction of sp³-hybridized carbons (Fsp3) is 0.250. The highest BCUT2D eigenvalue weighted by molar-refractivity contribution is 6.06. The van der Waals surface area contributed by atoms with Crippen LogP contribution in [0.5, 0.6) is 0 Å². The van der Waals surface area contributed by atoms with Crippen LogP contribution >= 0.6 is 0 Å². The van der Waals surface area contributed by atoms with Gasteiger partial charge in [-0.05, 0) is 42.8 Å². The minimum Gasteiger partial charge on any atom is -0.421 e. The van der Waals surface area contributed by atoms with Crippen LogP contribution in [0.2, 0.25) is 0 Å². The molecule has 1 fully saturated rings. The van der Waals surface area contributed by atoms with Crippen LogP contribution in [-0.2, 0) is 4.74 Å². The normalized spacial score (nSPS) is 16.6. The molecule has 0 spiro atoms. The highest BCUT2D eigenvalue weighted by atomic mass is 16.5. The number of aromatic nitrogens is 2. The van der Waals surface area contributed by atoms with Crippen molar-refractivity contribution < 1.29 is 13.9 Å². The molecule has 6 nitrogen and oxygen atoms in total. The molecule has 1 unspecified atom stereocenters. The number of carbonyl (C=O) groups is 1. The van der Waals surface area contributed by atoms with Crippen molar-refractivity contribution in [1.29, 1.82) is 0 Å². The molecule has 4 rings (SSSR count). The van der Waals surface area contributed by atoms with Crippen LogP contribution in [-0.4, -0.2) is 35.4 Å². The van der Waals surface area contributed by atoms with Gasteiger partial charge in [-0.2, -0.15) is 0 Å². The Bertz CT molecular complexity index is 884. The van der Waals surface area contributed by atoms with E-state index >= 15 is 0 Å². The zero-order valence-corrected chi connectivity index (χ0v) is 14.5. The molecule has 0 N–H and O–H groups in total. The summed E-state index contributed by atoms with van der Waals surface area (Å²) >= 11 is 0. The fourth-order valence-electron chi connectivity index (χ4n) is 3.12. The lowest BCUT2D eigenvalue weighted by atomic mass is 10.1. The van der Waals surface area contributed by atoms with Crippen LogP contribution in [0, 0.1) is 6.92 Å². The van der Waals surface area contributed by atoms with Crippen molar-refractivity contribution in [3.05, 3.63) is 66.1 Å². The predicted molar refractivity (Wildman–Crippen MR) is 96.9 cm³/mol. The maximum Gasteiger partial charge on any atom is 0.258 e. The summed E-state index contributed by atoms with van der Waals surface area (Å²) in [4.78, 5) is 15.0. The van der Waals surface area contributed by atoms with Crippen molar-refractivity contribution in [1.82, 2.24) is 10.2 Å². The second kappa shape index (κ2) is 7.09. The van der Waals surface area contributed by atoms with E-state index in [9.17, 15) is 4.79 Å². The van der Waals surface area contributed by atoms with Gasteiger partial charge in [-0.1, -0.05) is 18.2 Å². The van der Waals surface area contributed by atoms with E-state index in [0.29, 0.717) is 30.6 Å². The highest BCUT2D eigenvalue weighted by Gasteiger charge is 2.29. The van der Waals surface area contributed by atoms with Crippen molar-refractivity contribution in [2.45, 2.75) is 19.4 Å². The summed E-state index contributed by atoms with van der Waals surface area (Å²) in [5, 5.41) is 7.84. The van der Waals surface area contributed by atoms with Gasteiger partial charge in [0.2, 0.25) is 11.8 Å². The van der Waals surface area contributed by atoms with E-state index in [1.165, 1.54) is 0 Å². The third kappa shape index (κ3) is 3.23. The Morgan fingerprint density at radius 3 is 2.46 bits per heavy atom. The number of amides is 1. The van der Waals surface area contributed by atoms with Crippen molar-refractivity contribution in [3.63, 3.8) is 0 Å². The average Bonchev–Trinajstić information content (AvgIpc) is 3.35. The number of aryl methyl sites for hydroxylation is 1. The van der Waals surface area contributed by atoms with E-state index in [2.05, 4.69) is 10.2 Å². The zero-order chi connectivity index (χ0) is 17.9. The van der Waals surface area contributed by atoms with E-state index in [0.717, 1.165) is 17.7 Å². The number of carbonyl (C=O) groups excluding carboxylic acids is 1. The van der Waals surface area contributed by atoms with E-state index in [4.69, 9.17) is 9.15 Å². The molecule has 6 heteroatoms. The monoisotopic (exact) mass is 349 g/mol. The second-order valence-electron chi connectivity index (χ2n) is 6.23. The third-order valence-corrected chi connectivity index (χ3v) is 4.43. The topological polar surface area (TPSA) is 68.5 Å². The highest BCUT2D eigenvalue weighted by Crippen LogP contribution is 2.25. The number of hydrogen-bond acceptors (Lipinski definition) is 5. The number of rotatable bonds is 4. The van der Waals surface area contributed by atoms with Gasteiger partial charge in [0.25, 0.3) is 5.91 Å². The van der Waals surface area contributed by atoms with Crippen LogP contribution in [0.4, 0.5) is 5.69 Å². The first-order chi connectivity index (χ1) is 12.7. The molecule has 1 amide bonds. The maximum atomic E-state index is 13.2. The standard InChI is InChI=1S/C20H19N3O3/c1-14-21-22-19(26-14)15-7-9-16(10-8-15)20(24)23(18-11-12-25-13-18)17-5-3-2-4-6-17/h2-10,18H,11-13H2,1H3. The lowest BCUT2D eigenvalue weighted by molar-refractivity contribution is 0.0971. The van der Waals surface area contributed by atoms with Gasteiger partial charge in [0.15, 0.2) is 0 Å². The van der Waals surface area contributed by atoms with Gasteiger partial charge < -0.3 is 14.1 Å². The molecule has 1 aliphatic heterocycles. The van der Waals surface area contributed by atoms with Gasteiger partial charge in [-0.15, -0.1) is 10.2 Å². The minimum absolute atomic E-state index is 0.0417. The average molecular weight is 349 g/mol. The molecule has 3 aromatic rings. The lowest BCUT2D eigenvalue weighted by Gasteiger charge is -2.28. The summed E-state index contributed by atoms with van der Waals surface area (Å²) in [6.07, 6.45) is 0.833. The summed E-state index contributed by atoms with van der Waals surface area (Å²) in [6.45, 7) is 2.98. The molecule has 1 saturated heterocycles. The molecular formula is C20H19N3O3. The molecular weight excluding hydrogens is 330 g/mol. The van der Waals surface area contributed by atoms with Gasteiger partial charge in [0, 0.05) is 30.3 Å². The van der Waals surface area contributed by atoms with Crippen LogP contribution in [0.25, 0.3) is 11.5 Å². The third-order valence-electron chi connectivity index (χ3n) is 4.43. The number of hydrogen-bond donors (Lipinski definition) is 0. The number of nitrogens with zero attached hydrogens (tertiary/aromatic N) is 3. The molecule has 2 aromatic carbocycles. The molecule has 2 heterocycles. The van der Waals surface area contributed by atoms with Gasteiger partial charge >= 0.3 is 0 Å². The quantitative estimate of drug-likeness (QED) is 0.721. The molecule has 1 atom stereocenters. The minimum atomic E-state index is -0.0417. The zero-order valence-electron chi connectivity index (χ0n) is 14.5. The smallest absolute Gasteiger partial charge is 0.258 e. The fourth-order valence-corrected chi connectivity index (χ4v) is 3.12. The largest absolute Gasteiger partial charge is 0.421 e. The number of ether oxygens (including phenoxy) is 1.